The lowest BCUT2D eigenvalue weighted by molar-refractivity contribution is -0.137. The number of hydrogen-bond donors (Lipinski definition) is 0. The number of ether oxygens (including phenoxy) is 2. The van der Waals surface area contributed by atoms with Crippen molar-refractivity contribution in [1.29, 1.82) is 0 Å². The highest BCUT2D eigenvalue weighted by Gasteiger charge is 2.31. The van der Waals surface area contributed by atoms with Gasteiger partial charge in [-0.2, -0.15) is 22.9 Å². The molecule has 1 heterocycles. The molecule has 0 N–H and O–H groups in total. The van der Waals surface area contributed by atoms with E-state index in [0.717, 1.165) is 27.9 Å². The van der Waals surface area contributed by atoms with Gasteiger partial charge >= 0.3 is 6.18 Å². The minimum Gasteiger partial charge on any atom is -0.490 e. The Balaban J connectivity index is 1.61. The van der Waals surface area contributed by atoms with Crippen LogP contribution in [0, 0.1) is 0 Å². The van der Waals surface area contributed by atoms with Gasteiger partial charge in [0, 0.05) is 21.7 Å². The summed E-state index contributed by atoms with van der Waals surface area (Å²) >= 11 is 6.32. The number of nitrogens with zero attached hydrogens (tertiary/aromatic N) is 3. The van der Waals surface area contributed by atoms with Crippen molar-refractivity contribution in [3.63, 3.8) is 0 Å². The van der Waals surface area contributed by atoms with Crippen LogP contribution in [0.15, 0.2) is 107 Å². The van der Waals surface area contributed by atoms with Gasteiger partial charge in [-0.25, -0.2) is 4.98 Å². The Morgan fingerprint density at radius 3 is 2.50 bits per heavy atom. The fourth-order valence-corrected chi connectivity index (χ4v) is 4.82. The number of halogens is 4. The molecule has 0 aliphatic heterocycles. The summed E-state index contributed by atoms with van der Waals surface area (Å²) in [6.45, 7) is 6.25. The SMILES string of the molecule is C=CCc1cc(C=Nn2c(-c3cccc(C(F)(F)F)c3)nc3ccccc3c2=O)cc(OCC)c1OCc1ccccc1Cl. The molecule has 4 aromatic carbocycles. The molecule has 0 unspecified atom stereocenters. The van der Waals surface area contributed by atoms with Gasteiger partial charge in [-0.05, 0) is 61.4 Å². The van der Waals surface area contributed by atoms with Crippen LogP contribution in [0.25, 0.3) is 22.3 Å². The molecule has 0 atom stereocenters. The zero-order chi connectivity index (χ0) is 31.3. The summed E-state index contributed by atoms with van der Waals surface area (Å²) in [5, 5.41) is 5.27. The first-order valence-electron chi connectivity index (χ1n) is 13.7. The van der Waals surface area contributed by atoms with Crippen LogP contribution in [0.1, 0.15) is 29.2 Å². The van der Waals surface area contributed by atoms with Gasteiger partial charge in [-0.1, -0.05) is 60.1 Å². The van der Waals surface area contributed by atoms with Crippen molar-refractivity contribution < 1.29 is 22.6 Å². The Bertz CT molecular complexity index is 1920. The standard InChI is InChI=1S/C34H27ClF3N3O3/c1-3-10-23-17-22(18-30(43-4-2)31(23)44-21-25-11-5-7-15-28(25)35)20-39-41-32(24-12-9-13-26(19-24)34(36,37)38)40-29-16-8-6-14-27(29)33(41)42/h3,5-9,11-20H,1,4,10,21H2,2H3. The van der Waals surface area contributed by atoms with Crippen molar-refractivity contribution in [3.05, 3.63) is 135 Å². The second-order valence-electron chi connectivity index (χ2n) is 9.71. The average molecular weight is 618 g/mol. The molecule has 10 heteroatoms. The number of allylic oxidation sites excluding steroid dienone is 1. The van der Waals surface area contributed by atoms with E-state index in [1.165, 1.54) is 18.3 Å². The van der Waals surface area contributed by atoms with E-state index in [2.05, 4.69) is 16.7 Å². The first kappa shape index (κ1) is 30.6. The maximum atomic E-state index is 13.6. The van der Waals surface area contributed by atoms with Gasteiger partial charge in [0.2, 0.25) is 0 Å². The Morgan fingerprint density at radius 2 is 1.75 bits per heavy atom. The Hall–Kier alpha value is -4.89. The third-order valence-electron chi connectivity index (χ3n) is 6.67. The first-order chi connectivity index (χ1) is 21.2. The number of para-hydroxylation sites is 1. The second kappa shape index (κ2) is 13.2. The predicted octanol–water partition coefficient (Wildman–Crippen LogP) is 8.32. The van der Waals surface area contributed by atoms with Gasteiger partial charge in [0.15, 0.2) is 17.3 Å². The molecule has 0 aliphatic carbocycles. The molecule has 0 amide bonds. The van der Waals surface area contributed by atoms with E-state index in [4.69, 9.17) is 21.1 Å². The van der Waals surface area contributed by atoms with Gasteiger partial charge < -0.3 is 9.47 Å². The van der Waals surface area contributed by atoms with E-state index in [9.17, 15) is 18.0 Å². The Kier molecular flexibility index (Phi) is 9.15. The van der Waals surface area contributed by atoms with Gasteiger partial charge in [0.1, 0.15) is 6.61 Å². The zero-order valence-electron chi connectivity index (χ0n) is 23.6. The van der Waals surface area contributed by atoms with Crippen LogP contribution < -0.4 is 15.0 Å². The lowest BCUT2D eigenvalue weighted by atomic mass is 10.1. The molecule has 0 saturated heterocycles. The lowest BCUT2D eigenvalue weighted by Gasteiger charge is -2.17. The molecular formula is C34H27ClF3N3O3. The van der Waals surface area contributed by atoms with Crippen LogP contribution >= 0.6 is 11.6 Å². The molecule has 0 spiro atoms. The summed E-state index contributed by atoms with van der Waals surface area (Å²) < 4.78 is 53.7. The van der Waals surface area contributed by atoms with Crippen molar-refractivity contribution in [3.8, 4) is 22.9 Å². The number of fused-ring (bicyclic) bond motifs is 1. The molecule has 1 aromatic heterocycles. The van der Waals surface area contributed by atoms with Crippen molar-refractivity contribution >= 4 is 28.7 Å². The summed E-state index contributed by atoms with van der Waals surface area (Å²) in [7, 11) is 0. The molecule has 0 aliphatic rings. The fourth-order valence-electron chi connectivity index (χ4n) is 4.63. The molecule has 0 fully saturated rings. The molecule has 44 heavy (non-hydrogen) atoms. The third kappa shape index (κ3) is 6.68. The number of hydrogen-bond acceptors (Lipinski definition) is 5. The molecule has 5 aromatic rings. The molecule has 6 nitrogen and oxygen atoms in total. The molecule has 0 radical (unpaired) electrons. The summed E-state index contributed by atoms with van der Waals surface area (Å²) in [5.41, 5.74) is 1.14. The second-order valence-corrected chi connectivity index (χ2v) is 10.1. The normalized spacial score (nSPS) is 11.7. The largest absolute Gasteiger partial charge is 0.490 e. The van der Waals surface area contributed by atoms with Crippen molar-refractivity contribution in [1.82, 2.24) is 9.66 Å². The molecule has 224 valence electrons. The maximum Gasteiger partial charge on any atom is 0.416 e. The number of aromatic nitrogens is 2. The topological polar surface area (TPSA) is 65.7 Å². The van der Waals surface area contributed by atoms with Crippen LogP contribution in [-0.4, -0.2) is 22.5 Å². The van der Waals surface area contributed by atoms with Gasteiger partial charge in [0.25, 0.3) is 5.56 Å². The number of rotatable bonds is 10. The van der Waals surface area contributed by atoms with Crippen LogP contribution in [-0.2, 0) is 19.2 Å². The smallest absolute Gasteiger partial charge is 0.416 e. The summed E-state index contributed by atoms with van der Waals surface area (Å²) in [4.78, 5) is 18.1. The third-order valence-corrected chi connectivity index (χ3v) is 7.04. The van der Waals surface area contributed by atoms with E-state index in [-0.39, 0.29) is 23.4 Å². The average Bonchev–Trinajstić information content (AvgIpc) is 3.01. The van der Waals surface area contributed by atoms with E-state index < -0.39 is 17.3 Å². The monoisotopic (exact) mass is 617 g/mol. The van der Waals surface area contributed by atoms with E-state index in [0.29, 0.717) is 40.6 Å². The van der Waals surface area contributed by atoms with E-state index in [1.54, 1.807) is 42.5 Å². The molecule has 0 saturated carbocycles. The number of benzene rings is 4. The maximum absolute atomic E-state index is 13.6. The van der Waals surface area contributed by atoms with E-state index >= 15 is 0 Å². The van der Waals surface area contributed by atoms with Crippen LogP contribution in [0.3, 0.4) is 0 Å². The van der Waals surface area contributed by atoms with Crippen LogP contribution in [0.5, 0.6) is 11.5 Å². The van der Waals surface area contributed by atoms with Crippen molar-refractivity contribution in [2.24, 2.45) is 5.10 Å². The van der Waals surface area contributed by atoms with Gasteiger partial charge in [-0.3, -0.25) is 4.79 Å². The summed E-state index contributed by atoms with van der Waals surface area (Å²) in [6, 6.07) is 22.1. The van der Waals surface area contributed by atoms with Crippen LogP contribution in [0.2, 0.25) is 5.02 Å². The summed E-state index contributed by atoms with van der Waals surface area (Å²) in [6.07, 6.45) is -0.986. The van der Waals surface area contributed by atoms with E-state index in [1.807, 2.05) is 31.2 Å². The highest BCUT2D eigenvalue weighted by molar-refractivity contribution is 6.31. The minimum atomic E-state index is -4.58. The first-order valence-corrected chi connectivity index (χ1v) is 14.1. The quantitative estimate of drug-likeness (QED) is 0.117. The van der Waals surface area contributed by atoms with Crippen LogP contribution in [0.4, 0.5) is 13.2 Å². The predicted molar refractivity (Wildman–Crippen MR) is 167 cm³/mol. The van der Waals surface area contributed by atoms with Crippen molar-refractivity contribution in [2.45, 2.75) is 26.1 Å². The highest BCUT2D eigenvalue weighted by Crippen LogP contribution is 2.35. The van der Waals surface area contributed by atoms with Gasteiger partial charge in [-0.15, -0.1) is 6.58 Å². The Morgan fingerprint density at radius 1 is 0.977 bits per heavy atom. The molecule has 5 rings (SSSR count). The summed E-state index contributed by atoms with van der Waals surface area (Å²) in [5.74, 6) is 0.924. The fraction of sp³-hybridized carbons (Fsp3) is 0.147. The van der Waals surface area contributed by atoms with Gasteiger partial charge in [0.05, 0.1) is 29.3 Å². The minimum absolute atomic E-state index is 0.0351. The molecular weight excluding hydrogens is 591 g/mol. The van der Waals surface area contributed by atoms with Crippen molar-refractivity contribution in [2.75, 3.05) is 6.61 Å². The zero-order valence-corrected chi connectivity index (χ0v) is 24.4. The highest BCUT2D eigenvalue weighted by atomic mass is 35.5. The lowest BCUT2D eigenvalue weighted by Crippen LogP contribution is -2.20. The molecule has 0 bridgehead atoms. The number of alkyl halides is 3. The Labute approximate surface area is 256 Å².